The Morgan fingerprint density at radius 1 is 1.06 bits per heavy atom. The largest absolute Gasteiger partial charge is 0.494 e. The van der Waals surface area contributed by atoms with Crippen LogP contribution in [-0.2, 0) is 16.0 Å². The highest BCUT2D eigenvalue weighted by molar-refractivity contribution is 8.05. The van der Waals surface area contributed by atoms with Crippen molar-refractivity contribution in [2.24, 2.45) is 0 Å². The molecule has 1 atom stereocenters. The number of ether oxygens (including phenoxy) is 1. The van der Waals surface area contributed by atoms with Crippen molar-refractivity contribution in [3.05, 3.63) is 101 Å². The zero-order valence-electron chi connectivity index (χ0n) is 19.5. The van der Waals surface area contributed by atoms with Crippen LogP contribution >= 0.6 is 11.8 Å². The SMILES string of the molecule is CCOc1ccc(N2C(=O)C(Cc3ccccc3)S/C2=C(/C#N)C(=O)Nc2ccc(C)cc2)cc1. The number of rotatable bonds is 7. The van der Waals surface area contributed by atoms with Gasteiger partial charge in [0.25, 0.3) is 5.91 Å². The van der Waals surface area contributed by atoms with Crippen LogP contribution in [0, 0.1) is 18.3 Å². The minimum absolute atomic E-state index is 0.103. The van der Waals surface area contributed by atoms with Gasteiger partial charge in [0.15, 0.2) is 0 Å². The minimum Gasteiger partial charge on any atom is -0.494 e. The van der Waals surface area contributed by atoms with E-state index < -0.39 is 11.2 Å². The average molecular weight is 484 g/mol. The average Bonchev–Trinajstić information content (AvgIpc) is 3.17. The number of nitriles is 1. The lowest BCUT2D eigenvalue weighted by Gasteiger charge is -2.19. The van der Waals surface area contributed by atoms with Crippen molar-refractivity contribution >= 4 is 35.0 Å². The number of hydrogen-bond acceptors (Lipinski definition) is 5. The number of thioether (sulfide) groups is 1. The zero-order valence-corrected chi connectivity index (χ0v) is 20.3. The Morgan fingerprint density at radius 3 is 2.37 bits per heavy atom. The summed E-state index contributed by atoms with van der Waals surface area (Å²) in [5.74, 6) is -0.0450. The Kier molecular flexibility index (Phi) is 7.54. The maximum Gasteiger partial charge on any atom is 0.269 e. The first-order chi connectivity index (χ1) is 17.0. The molecule has 1 aliphatic heterocycles. The lowest BCUT2D eigenvalue weighted by atomic mass is 10.1. The fourth-order valence-corrected chi connectivity index (χ4v) is 5.05. The van der Waals surface area contributed by atoms with Gasteiger partial charge in [-0.2, -0.15) is 5.26 Å². The summed E-state index contributed by atoms with van der Waals surface area (Å²) in [6, 6.07) is 26.1. The second-order valence-corrected chi connectivity index (χ2v) is 9.20. The van der Waals surface area contributed by atoms with E-state index in [0.29, 0.717) is 35.2 Å². The van der Waals surface area contributed by atoms with Crippen molar-refractivity contribution in [2.75, 3.05) is 16.8 Å². The van der Waals surface area contributed by atoms with Crippen LogP contribution < -0.4 is 15.0 Å². The number of benzene rings is 3. The Balaban J connectivity index is 1.71. The summed E-state index contributed by atoms with van der Waals surface area (Å²) >= 11 is 1.25. The molecule has 1 unspecified atom stereocenters. The number of carbonyl (C=O) groups is 2. The maximum absolute atomic E-state index is 13.6. The Labute approximate surface area is 209 Å². The first-order valence-corrected chi connectivity index (χ1v) is 12.2. The molecule has 4 rings (SSSR count). The fourth-order valence-electron chi connectivity index (χ4n) is 3.74. The summed E-state index contributed by atoms with van der Waals surface area (Å²) in [4.78, 5) is 28.2. The first kappa shape index (κ1) is 24.1. The van der Waals surface area contributed by atoms with Crippen LogP contribution in [0.15, 0.2) is 89.5 Å². The summed E-state index contributed by atoms with van der Waals surface area (Å²) < 4.78 is 5.52. The van der Waals surface area contributed by atoms with Crippen molar-refractivity contribution in [2.45, 2.75) is 25.5 Å². The summed E-state index contributed by atoms with van der Waals surface area (Å²) in [7, 11) is 0. The molecule has 1 saturated heterocycles. The van der Waals surface area contributed by atoms with E-state index in [0.717, 1.165) is 11.1 Å². The molecular formula is C28H25N3O3S. The van der Waals surface area contributed by atoms with Gasteiger partial charge < -0.3 is 10.1 Å². The molecule has 1 N–H and O–H groups in total. The van der Waals surface area contributed by atoms with Gasteiger partial charge in [0, 0.05) is 11.4 Å². The van der Waals surface area contributed by atoms with Crippen LogP contribution in [0.4, 0.5) is 11.4 Å². The molecule has 0 radical (unpaired) electrons. The quantitative estimate of drug-likeness (QED) is 0.357. The summed E-state index contributed by atoms with van der Waals surface area (Å²) in [6.45, 7) is 4.38. The number of amides is 2. The topological polar surface area (TPSA) is 82.4 Å². The van der Waals surface area contributed by atoms with Gasteiger partial charge in [-0.3, -0.25) is 14.5 Å². The molecule has 0 bridgehead atoms. The molecule has 3 aromatic rings. The predicted molar refractivity (Wildman–Crippen MR) is 139 cm³/mol. The second-order valence-electron chi connectivity index (χ2n) is 8.01. The van der Waals surface area contributed by atoms with Crippen molar-refractivity contribution < 1.29 is 14.3 Å². The van der Waals surface area contributed by atoms with Gasteiger partial charge in [-0.15, -0.1) is 0 Å². The molecule has 1 fully saturated rings. The number of hydrogen-bond donors (Lipinski definition) is 1. The maximum atomic E-state index is 13.6. The Hall–Kier alpha value is -4.02. The molecule has 176 valence electrons. The standard InChI is InChI=1S/C28H25N3O3S/c1-3-34-23-15-13-22(14-16-23)31-27(33)25(17-20-7-5-4-6-8-20)35-28(31)24(18-29)26(32)30-21-11-9-19(2)10-12-21/h4-16,25H,3,17H2,1-2H3,(H,30,32)/b28-24-. The molecule has 1 aliphatic rings. The van der Waals surface area contributed by atoms with Crippen LogP contribution in [0.25, 0.3) is 0 Å². The molecule has 3 aromatic carbocycles. The van der Waals surface area contributed by atoms with Gasteiger partial charge in [0.1, 0.15) is 22.4 Å². The second kappa shape index (κ2) is 10.9. The lowest BCUT2D eigenvalue weighted by Crippen LogP contribution is -2.30. The Bertz CT molecular complexity index is 1280. The summed E-state index contributed by atoms with van der Waals surface area (Å²) in [6.07, 6.45) is 0.486. The highest BCUT2D eigenvalue weighted by Gasteiger charge is 2.40. The smallest absolute Gasteiger partial charge is 0.269 e. The summed E-state index contributed by atoms with van der Waals surface area (Å²) in [5.41, 5.74) is 3.12. The van der Waals surface area contributed by atoms with E-state index in [1.54, 1.807) is 36.4 Å². The number of nitrogens with one attached hydrogen (secondary N) is 1. The lowest BCUT2D eigenvalue weighted by molar-refractivity contribution is -0.117. The molecule has 0 aliphatic carbocycles. The van der Waals surface area contributed by atoms with E-state index in [1.807, 2.05) is 62.4 Å². The van der Waals surface area contributed by atoms with Crippen molar-refractivity contribution in [3.8, 4) is 11.8 Å². The van der Waals surface area contributed by atoms with E-state index >= 15 is 0 Å². The molecule has 1 heterocycles. The molecule has 0 aromatic heterocycles. The third kappa shape index (κ3) is 5.56. The van der Waals surface area contributed by atoms with Crippen LogP contribution in [0.1, 0.15) is 18.1 Å². The van der Waals surface area contributed by atoms with E-state index in [9.17, 15) is 14.9 Å². The van der Waals surface area contributed by atoms with E-state index in [2.05, 4.69) is 5.32 Å². The number of nitrogens with zero attached hydrogens (tertiary/aromatic N) is 2. The van der Waals surface area contributed by atoms with E-state index in [1.165, 1.54) is 16.7 Å². The first-order valence-electron chi connectivity index (χ1n) is 11.3. The van der Waals surface area contributed by atoms with Gasteiger partial charge in [-0.1, -0.05) is 59.8 Å². The van der Waals surface area contributed by atoms with Gasteiger partial charge in [-0.25, -0.2) is 0 Å². The monoisotopic (exact) mass is 483 g/mol. The van der Waals surface area contributed by atoms with Gasteiger partial charge in [-0.05, 0) is 62.2 Å². The van der Waals surface area contributed by atoms with Gasteiger partial charge in [0.05, 0.1) is 11.9 Å². The zero-order chi connectivity index (χ0) is 24.8. The van der Waals surface area contributed by atoms with E-state index in [-0.39, 0.29) is 11.5 Å². The van der Waals surface area contributed by atoms with Crippen LogP contribution in [0.3, 0.4) is 0 Å². The third-order valence-electron chi connectivity index (χ3n) is 5.48. The minimum atomic E-state index is -0.553. The summed E-state index contributed by atoms with van der Waals surface area (Å²) in [5, 5.41) is 12.6. The molecule has 35 heavy (non-hydrogen) atoms. The van der Waals surface area contributed by atoms with Crippen LogP contribution in [0.2, 0.25) is 0 Å². The number of anilines is 2. The van der Waals surface area contributed by atoms with Crippen molar-refractivity contribution in [3.63, 3.8) is 0 Å². The molecule has 6 nitrogen and oxygen atoms in total. The fraction of sp³-hybridized carbons (Fsp3) is 0.179. The van der Waals surface area contributed by atoms with Crippen LogP contribution in [-0.4, -0.2) is 23.7 Å². The highest BCUT2D eigenvalue weighted by atomic mass is 32.2. The highest BCUT2D eigenvalue weighted by Crippen LogP contribution is 2.42. The molecule has 0 spiro atoms. The predicted octanol–water partition coefficient (Wildman–Crippen LogP) is 5.46. The van der Waals surface area contributed by atoms with Crippen LogP contribution in [0.5, 0.6) is 5.75 Å². The molecule has 0 saturated carbocycles. The number of carbonyl (C=O) groups excluding carboxylic acids is 2. The number of aryl methyl sites for hydroxylation is 1. The van der Waals surface area contributed by atoms with Crippen molar-refractivity contribution in [1.29, 1.82) is 5.26 Å². The Morgan fingerprint density at radius 2 is 1.74 bits per heavy atom. The van der Waals surface area contributed by atoms with Crippen molar-refractivity contribution in [1.82, 2.24) is 0 Å². The van der Waals surface area contributed by atoms with Gasteiger partial charge >= 0.3 is 0 Å². The van der Waals surface area contributed by atoms with E-state index in [4.69, 9.17) is 4.74 Å². The third-order valence-corrected chi connectivity index (χ3v) is 6.75. The molecule has 2 amide bonds. The molecule has 7 heteroatoms. The normalized spacial score (nSPS) is 16.5. The van der Waals surface area contributed by atoms with Gasteiger partial charge in [0.2, 0.25) is 5.91 Å². The molecular weight excluding hydrogens is 458 g/mol.